The summed E-state index contributed by atoms with van der Waals surface area (Å²) in [6.07, 6.45) is 9.69. The number of hydrogen-bond donors (Lipinski definition) is 0. The Bertz CT molecular complexity index is 276. The number of carbonyl (C=O) groups excluding carboxylic acids is 1. The number of Topliss-reactive ketones (excluding diaryl/α,β-unsaturated/α-hetero) is 1. The van der Waals surface area contributed by atoms with Gasteiger partial charge >= 0.3 is 0 Å². The average molecular weight is 251 g/mol. The van der Waals surface area contributed by atoms with Crippen LogP contribution < -0.4 is 0 Å². The standard InChI is InChI=1S/C16H29NO/c1-3-13-8-9-16(18)14(11-13)12-17-10-6-5-7-15(17)4-2/h13-15H,3-12H2,1-2H3. The van der Waals surface area contributed by atoms with E-state index >= 15 is 0 Å². The van der Waals surface area contributed by atoms with Crippen LogP contribution in [-0.4, -0.2) is 29.8 Å². The van der Waals surface area contributed by atoms with Crippen molar-refractivity contribution in [2.75, 3.05) is 13.1 Å². The van der Waals surface area contributed by atoms with Gasteiger partial charge in [-0.3, -0.25) is 9.69 Å². The van der Waals surface area contributed by atoms with Crippen molar-refractivity contribution in [3.05, 3.63) is 0 Å². The van der Waals surface area contributed by atoms with Gasteiger partial charge in [0.25, 0.3) is 0 Å². The number of nitrogens with zero attached hydrogens (tertiary/aromatic N) is 1. The Kier molecular flexibility index (Phi) is 5.23. The maximum atomic E-state index is 12.1. The van der Waals surface area contributed by atoms with Crippen molar-refractivity contribution in [2.24, 2.45) is 11.8 Å². The van der Waals surface area contributed by atoms with E-state index in [2.05, 4.69) is 18.7 Å². The fourth-order valence-corrected chi connectivity index (χ4v) is 3.80. The molecule has 18 heavy (non-hydrogen) atoms. The Morgan fingerprint density at radius 3 is 2.72 bits per heavy atom. The van der Waals surface area contributed by atoms with Gasteiger partial charge in [-0.1, -0.05) is 26.7 Å². The molecule has 1 aliphatic carbocycles. The minimum atomic E-state index is 0.343. The van der Waals surface area contributed by atoms with E-state index < -0.39 is 0 Å². The minimum Gasteiger partial charge on any atom is -0.300 e. The van der Waals surface area contributed by atoms with Crippen molar-refractivity contribution >= 4 is 5.78 Å². The van der Waals surface area contributed by atoms with Crippen LogP contribution >= 0.6 is 0 Å². The summed E-state index contributed by atoms with van der Waals surface area (Å²) >= 11 is 0. The number of hydrogen-bond acceptors (Lipinski definition) is 2. The smallest absolute Gasteiger partial charge is 0.137 e. The Balaban J connectivity index is 1.91. The first kappa shape index (κ1) is 14.0. The predicted molar refractivity (Wildman–Crippen MR) is 75.6 cm³/mol. The summed E-state index contributed by atoms with van der Waals surface area (Å²) in [6, 6.07) is 0.744. The van der Waals surface area contributed by atoms with Crippen molar-refractivity contribution in [3.8, 4) is 0 Å². The van der Waals surface area contributed by atoms with Crippen molar-refractivity contribution < 1.29 is 4.79 Å². The molecule has 0 spiro atoms. The molecule has 2 nitrogen and oxygen atoms in total. The van der Waals surface area contributed by atoms with Crippen LogP contribution in [0.4, 0.5) is 0 Å². The van der Waals surface area contributed by atoms with Crippen molar-refractivity contribution in [2.45, 2.75) is 71.3 Å². The number of likely N-dealkylation sites (tertiary alicyclic amines) is 1. The van der Waals surface area contributed by atoms with Crippen LogP contribution in [0.2, 0.25) is 0 Å². The Hall–Kier alpha value is -0.370. The van der Waals surface area contributed by atoms with Gasteiger partial charge in [0.2, 0.25) is 0 Å². The number of ketones is 1. The lowest BCUT2D eigenvalue weighted by Crippen LogP contribution is -2.44. The zero-order valence-electron chi connectivity index (χ0n) is 12.2. The molecule has 2 fully saturated rings. The minimum absolute atomic E-state index is 0.343. The molecule has 0 N–H and O–H groups in total. The summed E-state index contributed by atoms with van der Waals surface area (Å²) in [5.74, 6) is 1.69. The Morgan fingerprint density at radius 1 is 1.17 bits per heavy atom. The maximum Gasteiger partial charge on any atom is 0.137 e. The number of piperidine rings is 1. The van der Waals surface area contributed by atoms with Gasteiger partial charge in [-0.2, -0.15) is 0 Å². The second-order valence-corrected chi connectivity index (χ2v) is 6.26. The van der Waals surface area contributed by atoms with Gasteiger partial charge in [-0.15, -0.1) is 0 Å². The molecule has 3 unspecified atom stereocenters. The fraction of sp³-hybridized carbons (Fsp3) is 0.938. The fourth-order valence-electron chi connectivity index (χ4n) is 3.80. The van der Waals surface area contributed by atoms with E-state index in [9.17, 15) is 4.79 Å². The summed E-state index contributed by atoms with van der Waals surface area (Å²) in [7, 11) is 0. The van der Waals surface area contributed by atoms with Crippen LogP contribution in [0.3, 0.4) is 0 Å². The second-order valence-electron chi connectivity index (χ2n) is 6.26. The van der Waals surface area contributed by atoms with Gasteiger partial charge in [-0.25, -0.2) is 0 Å². The molecule has 0 aromatic heterocycles. The Morgan fingerprint density at radius 2 is 2.00 bits per heavy atom. The normalized spacial score (nSPS) is 34.8. The largest absolute Gasteiger partial charge is 0.300 e. The van der Waals surface area contributed by atoms with Crippen molar-refractivity contribution in [1.82, 2.24) is 4.90 Å². The van der Waals surface area contributed by atoms with Crippen LogP contribution in [0.15, 0.2) is 0 Å². The topological polar surface area (TPSA) is 20.3 Å². The van der Waals surface area contributed by atoms with E-state index in [0.29, 0.717) is 11.7 Å². The van der Waals surface area contributed by atoms with E-state index in [1.165, 1.54) is 38.6 Å². The summed E-state index contributed by atoms with van der Waals surface area (Å²) in [5, 5.41) is 0. The first-order chi connectivity index (χ1) is 8.74. The third-order valence-electron chi connectivity index (χ3n) is 5.12. The highest BCUT2D eigenvalue weighted by atomic mass is 16.1. The highest BCUT2D eigenvalue weighted by Gasteiger charge is 2.31. The molecule has 2 heteroatoms. The maximum absolute atomic E-state index is 12.1. The molecule has 3 atom stereocenters. The van der Waals surface area contributed by atoms with Gasteiger partial charge in [0.15, 0.2) is 0 Å². The first-order valence-corrected chi connectivity index (χ1v) is 8.01. The molecule has 1 heterocycles. The Labute approximate surface area is 112 Å². The lowest BCUT2D eigenvalue weighted by atomic mass is 9.78. The molecule has 2 rings (SSSR count). The molecule has 1 saturated heterocycles. The molecular weight excluding hydrogens is 222 g/mol. The first-order valence-electron chi connectivity index (χ1n) is 8.01. The van der Waals surface area contributed by atoms with Crippen LogP contribution in [0, 0.1) is 11.8 Å². The van der Waals surface area contributed by atoms with Crippen LogP contribution in [0.5, 0.6) is 0 Å². The SMILES string of the molecule is CCC1CCC(=O)C(CN2CCCCC2CC)C1. The molecule has 1 saturated carbocycles. The molecule has 0 amide bonds. The van der Waals surface area contributed by atoms with Gasteiger partial charge in [0.05, 0.1) is 0 Å². The van der Waals surface area contributed by atoms with Crippen molar-refractivity contribution in [3.63, 3.8) is 0 Å². The number of rotatable bonds is 4. The summed E-state index contributed by atoms with van der Waals surface area (Å²) in [5.41, 5.74) is 0. The van der Waals surface area contributed by atoms with E-state index in [4.69, 9.17) is 0 Å². The third-order valence-corrected chi connectivity index (χ3v) is 5.12. The van der Waals surface area contributed by atoms with E-state index in [1.807, 2.05) is 0 Å². The molecule has 0 bridgehead atoms. The summed E-state index contributed by atoms with van der Waals surface area (Å²) < 4.78 is 0. The van der Waals surface area contributed by atoms with Crippen LogP contribution in [0.25, 0.3) is 0 Å². The summed E-state index contributed by atoms with van der Waals surface area (Å²) in [6.45, 7) is 6.83. The van der Waals surface area contributed by atoms with E-state index in [1.54, 1.807) is 0 Å². The quantitative estimate of drug-likeness (QED) is 0.760. The molecule has 2 aliphatic rings. The van der Waals surface area contributed by atoms with Gasteiger partial charge in [0.1, 0.15) is 5.78 Å². The lowest BCUT2D eigenvalue weighted by molar-refractivity contribution is -0.126. The number of carbonyl (C=O) groups is 1. The molecule has 1 aliphatic heterocycles. The molecular formula is C16H29NO. The van der Waals surface area contributed by atoms with Crippen LogP contribution in [0.1, 0.15) is 65.2 Å². The van der Waals surface area contributed by atoms with Crippen molar-refractivity contribution in [1.29, 1.82) is 0 Å². The van der Waals surface area contributed by atoms with Gasteiger partial charge in [0, 0.05) is 24.9 Å². The van der Waals surface area contributed by atoms with E-state index in [-0.39, 0.29) is 0 Å². The molecule has 104 valence electrons. The lowest BCUT2D eigenvalue weighted by Gasteiger charge is -2.39. The second kappa shape index (κ2) is 6.70. The monoisotopic (exact) mass is 251 g/mol. The van der Waals surface area contributed by atoms with Gasteiger partial charge < -0.3 is 0 Å². The highest BCUT2D eigenvalue weighted by Crippen LogP contribution is 2.31. The third kappa shape index (κ3) is 3.34. The van der Waals surface area contributed by atoms with Gasteiger partial charge in [-0.05, 0) is 44.6 Å². The highest BCUT2D eigenvalue weighted by molar-refractivity contribution is 5.81. The molecule has 0 aromatic rings. The average Bonchev–Trinajstić information content (AvgIpc) is 2.42. The summed E-state index contributed by atoms with van der Waals surface area (Å²) in [4.78, 5) is 14.7. The predicted octanol–water partition coefficient (Wildman–Crippen LogP) is 3.65. The van der Waals surface area contributed by atoms with E-state index in [0.717, 1.165) is 37.8 Å². The molecule has 0 aromatic carbocycles. The zero-order valence-corrected chi connectivity index (χ0v) is 12.2. The molecule has 0 radical (unpaired) electrons. The van der Waals surface area contributed by atoms with Crippen LogP contribution in [-0.2, 0) is 4.79 Å². The zero-order chi connectivity index (χ0) is 13.0.